The van der Waals surface area contributed by atoms with Crippen LogP contribution in [0.5, 0.6) is 0 Å². The molecule has 0 atom stereocenters. The Bertz CT molecular complexity index is 1070. The van der Waals surface area contributed by atoms with Gasteiger partial charge in [0.05, 0.1) is 23.0 Å². The number of nitrogens with one attached hydrogen (secondary N) is 1. The number of anilines is 1. The van der Waals surface area contributed by atoms with Gasteiger partial charge in [0.15, 0.2) is 0 Å². The molecule has 0 aliphatic carbocycles. The van der Waals surface area contributed by atoms with Crippen molar-refractivity contribution in [2.45, 2.75) is 0 Å². The molecule has 1 aromatic carbocycles. The van der Waals surface area contributed by atoms with Gasteiger partial charge in [0.25, 0.3) is 5.91 Å². The second kappa shape index (κ2) is 5.86. The van der Waals surface area contributed by atoms with Crippen molar-refractivity contribution in [2.75, 3.05) is 5.32 Å². The lowest BCUT2D eigenvalue weighted by Crippen LogP contribution is -2.12. The lowest BCUT2D eigenvalue weighted by atomic mass is 10.1. The maximum absolute atomic E-state index is 12.9. The molecule has 0 unspecified atom stereocenters. The zero-order valence-corrected chi connectivity index (χ0v) is 13.8. The second-order valence-electron chi connectivity index (χ2n) is 5.80. The maximum atomic E-state index is 12.9. The van der Waals surface area contributed by atoms with Crippen molar-refractivity contribution in [3.05, 3.63) is 60.7 Å². The highest BCUT2D eigenvalue weighted by Gasteiger charge is 2.19. The number of pyridine rings is 1. The first-order chi connectivity index (χ1) is 12.1. The average molecular weight is 332 g/mol. The van der Waals surface area contributed by atoms with Crippen LogP contribution in [0.2, 0.25) is 0 Å². The van der Waals surface area contributed by atoms with E-state index in [1.807, 2.05) is 43.6 Å². The first-order valence-electron chi connectivity index (χ1n) is 7.79. The molecular weight excluding hydrogens is 316 g/mol. The van der Waals surface area contributed by atoms with Gasteiger partial charge in [-0.3, -0.25) is 19.1 Å². The topological polar surface area (TPSA) is 77.6 Å². The van der Waals surface area contributed by atoms with Gasteiger partial charge in [-0.05, 0) is 12.1 Å². The molecule has 0 aliphatic rings. The Morgan fingerprint density at radius 2 is 1.92 bits per heavy atom. The zero-order valence-electron chi connectivity index (χ0n) is 13.8. The van der Waals surface area contributed by atoms with Gasteiger partial charge in [0, 0.05) is 43.6 Å². The number of hydrogen-bond acceptors (Lipinski definition) is 4. The van der Waals surface area contributed by atoms with E-state index in [-0.39, 0.29) is 5.91 Å². The molecule has 124 valence electrons. The van der Waals surface area contributed by atoms with Gasteiger partial charge in [0.2, 0.25) is 0 Å². The van der Waals surface area contributed by atoms with Gasteiger partial charge in [0.1, 0.15) is 5.69 Å². The van der Waals surface area contributed by atoms with Crippen molar-refractivity contribution in [1.29, 1.82) is 0 Å². The Morgan fingerprint density at radius 1 is 1.08 bits per heavy atom. The van der Waals surface area contributed by atoms with E-state index >= 15 is 0 Å². The molecule has 7 nitrogen and oxygen atoms in total. The van der Waals surface area contributed by atoms with Gasteiger partial charge < -0.3 is 5.32 Å². The normalized spacial score (nSPS) is 11.0. The summed E-state index contributed by atoms with van der Waals surface area (Å²) in [5, 5.41) is 12.5. The number of amides is 1. The summed E-state index contributed by atoms with van der Waals surface area (Å²) in [6.07, 6.45) is 6.94. The molecule has 3 heterocycles. The van der Waals surface area contributed by atoms with Gasteiger partial charge >= 0.3 is 0 Å². The summed E-state index contributed by atoms with van der Waals surface area (Å²) in [6.45, 7) is 0. The average Bonchev–Trinajstić information content (AvgIpc) is 3.21. The van der Waals surface area contributed by atoms with Gasteiger partial charge in [-0.25, -0.2) is 0 Å². The number of hydrogen-bond donors (Lipinski definition) is 1. The summed E-state index contributed by atoms with van der Waals surface area (Å²) in [6, 6.07) is 9.53. The number of aromatic nitrogens is 5. The Balaban J connectivity index is 1.72. The molecule has 0 saturated heterocycles. The number of carbonyl (C=O) groups is 1. The van der Waals surface area contributed by atoms with E-state index in [1.54, 1.807) is 35.0 Å². The van der Waals surface area contributed by atoms with E-state index in [2.05, 4.69) is 20.5 Å². The van der Waals surface area contributed by atoms with Crippen LogP contribution in [0.1, 0.15) is 10.4 Å². The standard InChI is InChI=1S/C18H16N6O/c1-23-10-13(9-20-23)16-14(11-24(2)22-16)18(25)21-15-7-3-5-12-6-4-8-19-17(12)15/h3-11H,1-2H3,(H,21,25). The number of carbonyl (C=O) groups excluding carboxylic acids is 1. The third-order valence-electron chi connectivity index (χ3n) is 3.93. The third kappa shape index (κ3) is 2.76. The first-order valence-corrected chi connectivity index (χ1v) is 7.79. The van der Waals surface area contributed by atoms with Gasteiger partial charge in [-0.2, -0.15) is 10.2 Å². The molecular formula is C18H16N6O. The Labute approximate surface area is 143 Å². The van der Waals surface area contributed by atoms with E-state index < -0.39 is 0 Å². The molecule has 7 heteroatoms. The molecule has 0 aliphatic heterocycles. The minimum atomic E-state index is -0.231. The number of fused-ring (bicyclic) bond motifs is 1. The Hall–Kier alpha value is -3.48. The molecule has 0 bridgehead atoms. The fourth-order valence-electron chi connectivity index (χ4n) is 2.81. The quantitative estimate of drug-likeness (QED) is 0.625. The second-order valence-corrected chi connectivity index (χ2v) is 5.80. The monoisotopic (exact) mass is 332 g/mol. The first kappa shape index (κ1) is 15.1. The highest BCUT2D eigenvalue weighted by atomic mass is 16.1. The molecule has 0 fully saturated rings. The van der Waals surface area contributed by atoms with E-state index in [1.165, 1.54) is 0 Å². The molecule has 25 heavy (non-hydrogen) atoms. The van der Waals surface area contributed by atoms with Crippen LogP contribution in [0.25, 0.3) is 22.2 Å². The van der Waals surface area contributed by atoms with Crippen molar-refractivity contribution >= 4 is 22.5 Å². The minimum Gasteiger partial charge on any atom is -0.320 e. The van der Waals surface area contributed by atoms with Crippen LogP contribution in [-0.2, 0) is 14.1 Å². The summed E-state index contributed by atoms with van der Waals surface area (Å²) in [4.78, 5) is 17.2. The third-order valence-corrected chi connectivity index (χ3v) is 3.93. The van der Waals surface area contributed by atoms with E-state index in [0.29, 0.717) is 16.9 Å². The fraction of sp³-hybridized carbons (Fsp3) is 0.111. The predicted molar refractivity (Wildman–Crippen MR) is 95.1 cm³/mol. The van der Waals surface area contributed by atoms with E-state index in [4.69, 9.17) is 0 Å². The van der Waals surface area contributed by atoms with Gasteiger partial charge in [-0.1, -0.05) is 18.2 Å². The van der Waals surface area contributed by atoms with Crippen LogP contribution in [0.15, 0.2) is 55.1 Å². The zero-order chi connectivity index (χ0) is 17.4. The summed E-state index contributed by atoms with van der Waals surface area (Å²) >= 11 is 0. The SMILES string of the molecule is Cn1cc(-c2nn(C)cc2C(=O)Nc2cccc3cccnc23)cn1. The van der Waals surface area contributed by atoms with Crippen molar-refractivity contribution in [3.63, 3.8) is 0 Å². The number of aryl methyl sites for hydroxylation is 2. The smallest absolute Gasteiger partial charge is 0.259 e. The van der Waals surface area contributed by atoms with Crippen LogP contribution >= 0.6 is 0 Å². The van der Waals surface area contributed by atoms with Crippen LogP contribution < -0.4 is 5.32 Å². The largest absolute Gasteiger partial charge is 0.320 e. The van der Waals surface area contributed by atoms with Crippen LogP contribution in [0.3, 0.4) is 0 Å². The minimum absolute atomic E-state index is 0.231. The Kier molecular flexibility index (Phi) is 3.53. The molecule has 1 N–H and O–H groups in total. The van der Waals surface area contributed by atoms with Crippen LogP contribution in [0.4, 0.5) is 5.69 Å². The fourth-order valence-corrected chi connectivity index (χ4v) is 2.81. The molecule has 0 spiro atoms. The maximum Gasteiger partial charge on any atom is 0.259 e. The number of rotatable bonds is 3. The summed E-state index contributed by atoms with van der Waals surface area (Å²) in [5.41, 5.74) is 3.31. The number of benzene rings is 1. The molecule has 4 aromatic rings. The highest BCUT2D eigenvalue weighted by molar-refractivity contribution is 6.10. The lowest BCUT2D eigenvalue weighted by Gasteiger charge is -2.07. The lowest BCUT2D eigenvalue weighted by molar-refractivity contribution is 0.102. The highest BCUT2D eigenvalue weighted by Crippen LogP contribution is 2.25. The molecule has 0 saturated carbocycles. The summed E-state index contributed by atoms with van der Waals surface area (Å²) in [5.74, 6) is -0.231. The summed E-state index contributed by atoms with van der Waals surface area (Å²) < 4.78 is 3.30. The van der Waals surface area contributed by atoms with Crippen molar-refractivity contribution in [1.82, 2.24) is 24.5 Å². The van der Waals surface area contributed by atoms with E-state index in [9.17, 15) is 4.79 Å². The molecule has 0 radical (unpaired) electrons. The molecule has 3 aromatic heterocycles. The molecule has 4 rings (SSSR count). The predicted octanol–water partition coefficient (Wildman–Crippen LogP) is 2.62. The number of nitrogens with zero attached hydrogens (tertiary/aromatic N) is 5. The van der Waals surface area contributed by atoms with Gasteiger partial charge in [-0.15, -0.1) is 0 Å². The molecule has 1 amide bonds. The van der Waals surface area contributed by atoms with Crippen LogP contribution in [-0.4, -0.2) is 30.5 Å². The van der Waals surface area contributed by atoms with Crippen molar-refractivity contribution in [2.24, 2.45) is 14.1 Å². The number of para-hydroxylation sites is 1. The Morgan fingerprint density at radius 3 is 2.72 bits per heavy atom. The van der Waals surface area contributed by atoms with Crippen molar-refractivity contribution in [3.8, 4) is 11.3 Å². The van der Waals surface area contributed by atoms with Crippen LogP contribution in [0, 0.1) is 0 Å². The summed E-state index contributed by atoms with van der Waals surface area (Å²) in [7, 11) is 3.62. The van der Waals surface area contributed by atoms with E-state index in [0.717, 1.165) is 16.5 Å². The van der Waals surface area contributed by atoms with Crippen molar-refractivity contribution < 1.29 is 4.79 Å².